The summed E-state index contributed by atoms with van der Waals surface area (Å²) in [5.41, 5.74) is 5.41. The number of aliphatic hydroxyl groups is 1. The molecule has 8 nitrogen and oxygen atoms in total. The first-order valence-corrected chi connectivity index (χ1v) is 17.3. The SMILES string of the molecule is CC(C)CC(=O)N1CCC[C@H]1c1nc(-c2ccc(-c3ccc(-c4nc([C@@H]5CCCN5C(O)CC(C)C)[nH]c4Cl)cc3)cc2)c(Cl)[nH]1. The predicted octanol–water partition coefficient (Wildman–Crippen LogP) is 8.65. The van der Waals surface area contributed by atoms with Crippen LogP contribution in [0.4, 0.5) is 0 Å². The topological polar surface area (TPSA) is 101 Å². The second-order valence-electron chi connectivity index (χ2n) is 13.6. The maximum atomic E-state index is 12.8. The molecule has 2 aliphatic rings. The molecular weight excluding hydrogens is 619 g/mol. The minimum Gasteiger partial charge on any atom is -0.378 e. The quantitative estimate of drug-likeness (QED) is 0.158. The van der Waals surface area contributed by atoms with Crippen molar-refractivity contribution in [2.24, 2.45) is 11.8 Å². The van der Waals surface area contributed by atoms with Crippen molar-refractivity contribution in [3.63, 3.8) is 0 Å². The summed E-state index contributed by atoms with van der Waals surface area (Å²) >= 11 is 13.3. The van der Waals surface area contributed by atoms with E-state index in [1.807, 2.05) is 29.2 Å². The van der Waals surface area contributed by atoms with Gasteiger partial charge in [0.05, 0.1) is 12.1 Å². The zero-order valence-corrected chi connectivity index (χ0v) is 28.6. The molecule has 0 bridgehead atoms. The molecule has 1 amide bonds. The van der Waals surface area contributed by atoms with Crippen molar-refractivity contribution in [3.8, 4) is 33.6 Å². The highest BCUT2D eigenvalue weighted by atomic mass is 35.5. The molecule has 10 heteroatoms. The summed E-state index contributed by atoms with van der Waals surface area (Å²) < 4.78 is 0. The Labute approximate surface area is 281 Å². The Morgan fingerprint density at radius 2 is 1.26 bits per heavy atom. The monoisotopic (exact) mass is 662 g/mol. The first-order chi connectivity index (χ1) is 22.1. The number of carbonyl (C=O) groups is 1. The van der Waals surface area contributed by atoms with E-state index in [1.54, 1.807) is 0 Å². The minimum atomic E-state index is -0.487. The number of imidazole rings is 2. The van der Waals surface area contributed by atoms with Gasteiger partial charge in [0.25, 0.3) is 0 Å². The number of aliphatic hydroxyl groups excluding tert-OH is 1. The number of benzene rings is 2. The summed E-state index contributed by atoms with van der Waals surface area (Å²) in [6.45, 7) is 10.0. The van der Waals surface area contributed by atoms with E-state index >= 15 is 0 Å². The second kappa shape index (κ2) is 13.9. The van der Waals surface area contributed by atoms with Crippen LogP contribution in [-0.4, -0.2) is 60.1 Å². The fraction of sp³-hybridized carbons (Fsp3) is 0.472. The number of hydrogen-bond acceptors (Lipinski definition) is 5. The molecule has 2 fully saturated rings. The first-order valence-electron chi connectivity index (χ1n) is 16.5. The van der Waals surface area contributed by atoms with Gasteiger partial charge in [-0.1, -0.05) is 99.4 Å². The van der Waals surface area contributed by atoms with Crippen LogP contribution in [-0.2, 0) is 4.79 Å². The summed E-state index contributed by atoms with van der Waals surface area (Å²) in [6.07, 6.45) is 4.59. The van der Waals surface area contributed by atoms with E-state index in [0.29, 0.717) is 34.3 Å². The van der Waals surface area contributed by atoms with E-state index in [4.69, 9.17) is 33.2 Å². The van der Waals surface area contributed by atoms with Gasteiger partial charge < -0.3 is 20.0 Å². The molecule has 2 aromatic carbocycles. The molecule has 3 atom stereocenters. The highest BCUT2D eigenvalue weighted by Crippen LogP contribution is 2.38. The highest BCUT2D eigenvalue weighted by molar-refractivity contribution is 6.32. The van der Waals surface area contributed by atoms with Gasteiger partial charge in [-0.25, -0.2) is 9.97 Å². The van der Waals surface area contributed by atoms with Crippen LogP contribution in [0.25, 0.3) is 33.6 Å². The maximum Gasteiger partial charge on any atom is 0.223 e. The molecule has 2 aliphatic heterocycles. The van der Waals surface area contributed by atoms with E-state index in [0.717, 1.165) is 84.8 Å². The molecule has 46 heavy (non-hydrogen) atoms. The lowest BCUT2D eigenvalue weighted by Crippen LogP contribution is -2.36. The van der Waals surface area contributed by atoms with Crippen molar-refractivity contribution in [2.75, 3.05) is 13.1 Å². The third-order valence-electron chi connectivity index (χ3n) is 9.15. The van der Waals surface area contributed by atoms with Gasteiger partial charge >= 0.3 is 0 Å². The Morgan fingerprint density at radius 1 is 0.783 bits per heavy atom. The molecule has 1 unspecified atom stereocenters. The molecule has 2 aromatic heterocycles. The van der Waals surface area contributed by atoms with Crippen LogP contribution in [0.3, 0.4) is 0 Å². The zero-order valence-electron chi connectivity index (χ0n) is 27.1. The van der Waals surface area contributed by atoms with Gasteiger partial charge in [0, 0.05) is 30.6 Å². The molecule has 6 rings (SSSR count). The Morgan fingerprint density at radius 3 is 1.78 bits per heavy atom. The van der Waals surface area contributed by atoms with Crippen molar-refractivity contribution in [1.82, 2.24) is 29.7 Å². The van der Waals surface area contributed by atoms with Crippen LogP contribution in [0.2, 0.25) is 10.3 Å². The number of carbonyl (C=O) groups excluding carboxylic acids is 1. The third-order valence-corrected chi connectivity index (χ3v) is 9.70. The number of nitrogens with one attached hydrogen (secondary N) is 2. The molecular formula is C36H44Cl2N6O2. The lowest BCUT2D eigenvalue weighted by molar-refractivity contribution is -0.133. The Balaban J connectivity index is 1.15. The van der Waals surface area contributed by atoms with Crippen molar-refractivity contribution in [1.29, 1.82) is 0 Å². The molecule has 244 valence electrons. The summed E-state index contributed by atoms with van der Waals surface area (Å²) in [5.74, 6) is 2.47. The van der Waals surface area contributed by atoms with Gasteiger partial charge in [0.2, 0.25) is 5.91 Å². The number of aromatic amines is 2. The van der Waals surface area contributed by atoms with E-state index in [1.165, 1.54) is 0 Å². The van der Waals surface area contributed by atoms with Crippen LogP contribution in [0.15, 0.2) is 48.5 Å². The summed E-state index contributed by atoms with van der Waals surface area (Å²) in [7, 11) is 0. The fourth-order valence-corrected chi connectivity index (χ4v) is 7.39. The minimum absolute atomic E-state index is 0.0290. The Kier molecular flexibility index (Phi) is 9.90. The van der Waals surface area contributed by atoms with Gasteiger partial charge in [-0.3, -0.25) is 9.69 Å². The van der Waals surface area contributed by atoms with Crippen molar-refractivity contribution >= 4 is 29.1 Å². The zero-order chi connectivity index (χ0) is 32.5. The van der Waals surface area contributed by atoms with E-state index in [-0.39, 0.29) is 18.0 Å². The number of aromatic nitrogens is 4. The lowest BCUT2D eigenvalue weighted by Gasteiger charge is -2.29. The number of halogens is 2. The number of hydrogen-bond donors (Lipinski definition) is 3. The fourth-order valence-electron chi connectivity index (χ4n) is 6.89. The smallest absolute Gasteiger partial charge is 0.223 e. The predicted molar refractivity (Wildman–Crippen MR) is 184 cm³/mol. The van der Waals surface area contributed by atoms with Gasteiger partial charge in [-0.15, -0.1) is 0 Å². The lowest BCUT2D eigenvalue weighted by atomic mass is 10.0. The average molecular weight is 664 g/mol. The maximum absolute atomic E-state index is 12.8. The van der Waals surface area contributed by atoms with E-state index in [9.17, 15) is 9.90 Å². The molecule has 0 radical (unpaired) electrons. The summed E-state index contributed by atoms with van der Waals surface area (Å²) in [5, 5.41) is 11.8. The van der Waals surface area contributed by atoms with E-state index in [2.05, 4.69) is 66.8 Å². The molecule has 0 spiro atoms. The molecule has 0 aliphatic carbocycles. The number of nitrogens with zero attached hydrogens (tertiary/aromatic N) is 4. The first kappa shape index (κ1) is 32.8. The largest absolute Gasteiger partial charge is 0.378 e. The van der Waals surface area contributed by atoms with Crippen LogP contribution >= 0.6 is 23.2 Å². The van der Waals surface area contributed by atoms with Crippen LogP contribution in [0, 0.1) is 11.8 Å². The number of H-pyrrole nitrogens is 2. The molecule has 4 heterocycles. The van der Waals surface area contributed by atoms with Crippen molar-refractivity contribution < 1.29 is 9.90 Å². The van der Waals surface area contributed by atoms with Crippen LogP contribution in [0.1, 0.15) is 90.0 Å². The number of rotatable bonds is 10. The van der Waals surface area contributed by atoms with Crippen LogP contribution in [0.5, 0.6) is 0 Å². The number of likely N-dealkylation sites (tertiary alicyclic amines) is 2. The Bertz CT molecular complexity index is 1650. The van der Waals surface area contributed by atoms with Crippen molar-refractivity contribution in [3.05, 3.63) is 70.5 Å². The van der Waals surface area contributed by atoms with E-state index < -0.39 is 6.23 Å². The molecule has 3 N–H and O–H groups in total. The summed E-state index contributed by atoms with van der Waals surface area (Å²) in [4.78, 5) is 33.2. The van der Waals surface area contributed by atoms with Crippen molar-refractivity contribution in [2.45, 2.75) is 84.5 Å². The molecule has 2 saturated heterocycles. The van der Waals surface area contributed by atoms with Gasteiger partial charge in [-0.2, -0.15) is 0 Å². The number of amides is 1. The average Bonchev–Trinajstić information content (AvgIpc) is 3.83. The van der Waals surface area contributed by atoms with Crippen LogP contribution < -0.4 is 0 Å². The molecule has 4 aromatic rings. The van der Waals surface area contributed by atoms with Gasteiger partial charge in [-0.05, 0) is 55.1 Å². The summed E-state index contributed by atoms with van der Waals surface area (Å²) in [6, 6.07) is 16.4. The standard InChI is InChI=1S/C36H44Cl2N6O2/c1-21(2)19-29(45)43-17-5-7-27(43)35-39-31(33(37)41-35)25-13-9-23(10-14-25)24-11-15-26(16-12-24)32-34(38)42-36(40-32)28-8-6-18-44(28)30(46)20-22(3)4/h9-16,21-22,27-29,45H,5-8,17-20H2,1-4H3,(H,39,41)(H,40,42)/t27-,28-,29?/m0/s1. The normalized spacial score (nSPS) is 19.5. The van der Waals surface area contributed by atoms with Gasteiger partial charge in [0.1, 0.15) is 39.6 Å². The highest BCUT2D eigenvalue weighted by Gasteiger charge is 2.34. The Hall–Kier alpha value is -3.17. The molecule has 0 saturated carbocycles. The third kappa shape index (κ3) is 6.91. The second-order valence-corrected chi connectivity index (χ2v) is 14.3. The van der Waals surface area contributed by atoms with Gasteiger partial charge in [0.15, 0.2) is 0 Å².